The van der Waals surface area contributed by atoms with Gasteiger partial charge in [0.25, 0.3) is 5.91 Å². The molecule has 0 aliphatic heterocycles. The molecule has 0 aliphatic carbocycles. The lowest BCUT2D eigenvalue weighted by atomic mass is 10.1. The van der Waals surface area contributed by atoms with E-state index in [1.807, 2.05) is 45.0 Å². The van der Waals surface area contributed by atoms with Crippen LogP contribution in [0.5, 0.6) is 0 Å². The van der Waals surface area contributed by atoms with Gasteiger partial charge in [0, 0.05) is 15.8 Å². The smallest absolute Gasteiger partial charge is 0.266 e. The van der Waals surface area contributed by atoms with E-state index in [0.717, 1.165) is 15.8 Å². The molecule has 0 saturated carbocycles. The van der Waals surface area contributed by atoms with Crippen molar-refractivity contribution in [3.8, 4) is 0 Å². The van der Waals surface area contributed by atoms with E-state index in [2.05, 4.69) is 10.5 Å². The first-order valence-corrected chi connectivity index (χ1v) is 7.21. The summed E-state index contributed by atoms with van der Waals surface area (Å²) in [6.45, 7) is 5.94. The summed E-state index contributed by atoms with van der Waals surface area (Å²) in [6.07, 6.45) is 0. The summed E-state index contributed by atoms with van der Waals surface area (Å²) in [7, 11) is 0. The Labute approximate surface area is 121 Å². The third-order valence-electron chi connectivity index (χ3n) is 2.91. The molecule has 1 aromatic carbocycles. The Kier molecular flexibility index (Phi) is 4.22. The molecule has 1 amide bonds. The fourth-order valence-corrected chi connectivity index (χ4v) is 2.89. The predicted octanol–water partition coefficient (Wildman–Crippen LogP) is 4.32. The van der Waals surface area contributed by atoms with E-state index in [1.165, 1.54) is 11.3 Å². The van der Waals surface area contributed by atoms with Gasteiger partial charge in [-0.25, -0.2) is 5.43 Å². The second-order valence-corrected chi connectivity index (χ2v) is 6.02. The molecule has 2 rings (SSSR count). The fourth-order valence-electron chi connectivity index (χ4n) is 1.48. The Bertz CT molecular complexity index is 646. The highest BCUT2D eigenvalue weighted by molar-refractivity contribution is 7.21. The number of carbonyl (C=O) groups excluding carboxylic acids is 1. The van der Waals surface area contributed by atoms with Crippen LogP contribution in [-0.4, -0.2) is 11.6 Å². The van der Waals surface area contributed by atoms with Crippen molar-refractivity contribution in [3.63, 3.8) is 0 Å². The van der Waals surface area contributed by atoms with Crippen LogP contribution in [0.3, 0.4) is 0 Å². The molecular formula is C14H15ClN2OS. The van der Waals surface area contributed by atoms with Gasteiger partial charge in [0.15, 0.2) is 0 Å². The molecule has 1 heterocycles. The van der Waals surface area contributed by atoms with Gasteiger partial charge in [0.2, 0.25) is 0 Å². The Balaban J connectivity index is 2.27. The van der Waals surface area contributed by atoms with Crippen LogP contribution in [0.15, 0.2) is 29.4 Å². The predicted molar refractivity (Wildman–Crippen MR) is 82.2 cm³/mol. The van der Waals surface area contributed by atoms with Gasteiger partial charge in [-0.05, 0) is 18.9 Å². The van der Waals surface area contributed by atoms with Crippen molar-refractivity contribution in [3.05, 3.63) is 34.2 Å². The van der Waals surface area contributed by atoms with Crippen molar-refractivity contribution < 1.29 is 4.79 Å². The van der Waals surface area contributed by atoms with E-state index in [9.17, 15) is 4.79 Å². The zero-order chi connectivity index (χ0) is 14.0. The van der Waals surface area contributed by atoms with Gasteiger partial charge in [-0.3, -0.25) is 4.79 Å². The van der Waals surface area contributed by atoms with E-state index >= 15 is 0 Å². The number of nitrogens with one attached hydrogen (secondary N) is 1. The molecule has 1 aromatic heterocycles. The van der Waals surface area contributed by atoms with Gasteiger partial charge in [-0.15, -0.1) is 11.3 Å². The van der Waals surface area contributed by atoms with Gasteiger partial charge in [-0.1, -0.05) is 43.6 Å². The molecule has 3 nitrogen and oxygen atoms in total. The number of hydrazone groups is 1. The molecule has 5 heteroatoms. The quantitative estimate of drug-likeness (QED) is 0.665. The lowest BCUT2D eigenvalue weighted by Gasteiger charge is -2.04. The van der Waals surface area contributed by atoms with Crippen LogP contribution in [0, 0.1) is 5.92 Å². The second-order valence-electron chi connectivity index (χ2n) is 4.59. The summed E-state index contributed by atoms with van der Waals surface area (Å²) < 4.78 is 1.00. The molecular weight excluding hydrogens is 280 g/mol. The minimum atomic E-state index is -0.258. The highest BCUT2D eigenvalue weighted by atomic mass is 35.5. The molecule has 0 saturated heterocycles. The average molecular weight is 295 g/mol. The summed E-state index contributed by atoms with van der Waals surface area (Å²) in [5.41, 5.74) is 3.44. The van der Waals surface area contributed by atoms with Gasteiger partial charge in [0.05, 0.1) is 5.02 Å². The molecule has 100 valence electrons. The average Bonchev–Trinajstić information content (AvgIpc) is 2.73. The number of benzene rings is 1. The molecule has 0 bridgehead atoms. The Morgan fingerprint density at radius 3 is 2.68 bits per heavy atom. The van der Waals surface area contributed by atoms with Crippen molar-refractivity contribution in [2.75, 3.05) is 0 Å². The van der Waals surface area contributed by atoms with Crippen LogP contribution in [0.1, 0.15) is 30.4 Å². The third-order valence-corrected chi connectivity index (χ3v) is 4.58. The lowest BCUT2D eigenvalue weighted by Crippen LogP contribution is -2.19. The molecule has 0 unspecified atom stereocenters. The maximum absolute atomic E-state index is 12.1. The number of amides is 1. The van der Waals surface area contributed by atoms with Crippen molar-refractivity contribution in [1.82, 2.24) is 5.43 Å². The minimum Gasteiger partial charge on any atom is -0.266 e. The fraction of sp³-hybridized carbons (Fsp3) is 0.286. The van der Waals surface area contributed by atoms with Crippen molar-refractivity contribution in [2.24, 2.45) is 11.0 Å². The maximum Gasteiger partial charge on any atom is 0.283 e. The monoisotopic (exact) mass is 294 g/mol. The van der Waals surface area contributed by atoms with Gasteiger partial charge in [-0.2, -0.15) is 5.10 Å². The highest BCUT2D eigenvalue weighted by Crippen LogP contribution is 2.34. The largest absolute Gasteiger partial charge is 0.283 e. The minimum absolute atomic E-state index is 0.258. The van der Waals surface area contributed by atoms with Crippen LogP contribution in [0.4, 0.5) is 0 Å². The number of nitrogens with zero attached hydrogens (tertiary/aromatic N) is 1. The molecule has 2 aromatic rings. The number of halogens is 1. The first kappa shape index (κ1) is 14.0. The van der Waals surface area contributed by atoms with E-state index in [4.69, 9.17) is 11.6 Å². The summed E-state index contributed by atoms with van der Waals surface area (Å²) in [5.74, 6) is 0.0457. The molecule has 1 N–H and O–H groups in total. The summed E-state index contributed by atoms with van der Waals surface area (Å²) in [4.78, 5) is 12.6. The topological polar surface area (TPSA) is 41.5 Å². The first-order chi connectivity index (χ1) is 9.00. The summed E-state index contributed by atoms with van der Waals surface area (Å²) in [6, 6.07) is 7.69. The lowest BCUT2D eigenvalue weighted by molar-refractivity contribution is 0.0959. The number of hydrogen-bond donors (Lipinski definition) is 1. The van der Waals surface area contributed by atoms with E-state index in [1.54, 1.807) is 0 Å². The number of carbonyl (C=O) groups is 1. The Hall–Kier alpha value is -1.39. The number of rotatable bonds is 3. The maximum atomic E-state index is 12.1. The van der Waals surface area contributed by atoms with Crippen molar-refractivity contribution in [2.45, 2.75) is 20.8 Å². The van der Waals surface area contributed by atoms with E-state index in [-0.39, 0.29) is 5.91 Å². The molecule has 0 atom stereocenters. The number of thiophene rings is 1. The van der Waals surface area contributed by atoms with Crippen LogP contribution in [0.25, 0.3) is 10.1 Å². The van der Waals surface area contributed by atoms with E-state index < -0.39 is 0 Å². The molecule has 0 spiro atoms. The highest BCUT2D eigenvalue weighted by Gasteiger charge is 2.16. The van der Waals surface area contributed by atoms with Gasteiger partial charge in [0.1, 0.15) is 4.88 Å². The standard InChI is InChI=1S/C14H15ClN2OS/c1-8(2)9(3)16-17-14(18)13-12(15)10-6-4-5-7-11(10)19-13/h4-8H,1-3H3,(H,17,18). The van der Waals surface area contributed by atoms with Crippen LogP contribution in [-0.2, 0) is 0 Å². The van der Waals surface area contributed by atoms with Crippen LogP contribution in [0.2, 0.25) is 5.02 Å². The first-order valence-electron chi connectivity index (χ1n) is 6.02. The number of fused-ring (bicyclic) bond motifs is 1. The number of hydrogen-bond acceptors (Lipinski definition) is 3. The summed E-state index contributed by atoms with van der Waals surface area (Å²) in [5, 5.41) is 5.48. The third kappa shape index (κ3) is 2.96. The Morgan fingerprint density at radius 1 is 1.37 bits per heavy atom. The SMILES string of the molecule is CC(=NNC(=O)c1sc2ccccc2c1Cl)C(C)C. The van der Waals surface area contributed by atoms with Gasteiger partial charge < -0.3 is 0 Å². The Morgan fingerprint density at radius 2 is 2.05 bits per heavy atom. The van der Waals surface area contributed by atoms with Crippen LogP contribution < -0.4 is 5.43 Å². The van der Waals surface area contributed by atoms with Crippen molar-refractivity contribution >= 4 is 44.6 Å². The molecule has 0 aliphatic rings. The van der Waals surface area contributed by atoms with Crippen molar-refractivity contribution in [1.29, 1.82) is 0 Å². The zero-order valence-corrected chi connectivity index (χ0v) is 12.6. The molecule has 0 radical (unpaired) electrons. The normalized spacial score (nSPS) is 12.2. The summed E-state index contributed by atoms with van der Waals surface area (Å²) >= 11 is 7.61. The zero-order valence-electron chi connectivity index (χ0n) is 11.0. The van der Waals surface area contributed by atoms with E-state index in [0.29, 0.717) is 15.8 Å². The molecule has 0 fully saturated rings. The van der Waals surface area contributed by atoms with Gasteiger partial charge >= 0.3 is 0 Å². The van der Waals surface area contributed by atoms with Crippen LogP contribution >= 0.6 is 22.9 Å². The molecule has 19 heavy (non-hydrogen) atoms. The second kappa shape index (κ2) is 5.72.